The number of thiol groups is 2. The van der Waals surface area contributed by atoms with Crippen LogP contribution in [0.15, 0.2) is 0 Å². The lowest BCUT2D eigenvalue weighted by Crippen LogP contribution is -2.38. The van der Waals surface area contributed by atoms with Crippen molar-refractivity contribution < 1.29 is 4.79 Å². The lowest BCUT2D eigenvalue weighted by atomic mass is 10.3. The van der Waals surface area contributed by atoms with Crippen molar-refractivity contribution in [1.82, 2.24) is 4.72 Å². The van der Waals surface area contributed by atoms with Gasteiger partial charge in [0.05, 0.1) is 0 Å². The van der Waals surface area contributed by atoms with E-state index in [1.807, 2.05) is 0 Å². The average Bonchev–Trinajstić information content (AvgIpc) is 1.69. The highest BCUT2D eigenvalue weighted by molar-refractivity contribution is 7.80. The highest BCUT2D eigenvalue weighted by Crippen LogP contribution is 1.85. The van der Waals surface area contributed by atoms with Crippen molar-refractivity contribution >= 4 is 31.4 Å². The zero-order chi connectivity index (χ0) is 6.57. The van der Waals surface area contributed by atoms with Crippen LogP contribution in [0.3, 0.4) is 0 Å². The van der Waals surface area contributed by atoms with Crippen LogP contribution in [0.2, 0.25) is 0 Å². The maximum atomic E-state index is 10.2. The first-order chi connectivity index (χ1) is 3.72. The molecule has 8 heavy (non-hydrogen) atoms. The van der Waals surface area contributed by atoms with Crippen molar-refractivity contribution in [2.75, 3.05) is 5.75 Å². The molecule has 0 aromatic carbocycles. The Morgan fingerprint density at radius 1 is 1.88 bits per heavy atom. The van der Waals surface area contributed by atoms with E-state index in [4.69, 9.17) is 5.73 Å². The smallest absolute Gasteiger partial charge is 0.236 e. The van der Waals surface area contributed by atoms with Gasteiger partial charge in [0.25, 0.3) is 0 Å². The Morgan fingerprint density at radius 2 is 2.38 bits per heavy atom. The van der Waals surface area contributed by atoms with Gasteiger partial charge in [-0.25, -0.2) is 0 Å². The van der Waals surface area contributed by atoms with Gasteiger partial charge < -0.3 is 5.73 Å². The molecule has 1 amide bonds. The summed E-state index contributed by atoms with van der Waals surface area (Å²) in [6.07, 6.45) is 0. The molecule has 3 N–H and O–H groups in total. The predicted molar refractivity (Wildman–Crippen MR) is 39.0 cm³/mol. The molecule has 0 unspecified atom stereocenters. The van der Waals surface area contributed by atoms with Crippen LogP contribution in [0.25, 0.3) is 0 Å². The summed E-state index contributed by atoms with van der Waals surface area (Å²) < 4.78 is 2.39. The van der Waals surface area contributed by atoms with Gasteiger partial charge in [0.15, 0.2) is 0 Å². The van der Waals surface area contributed by atoms with E-state index in [9.17, 15) is 4.79 Å². The first-order valence-electron chi connectivity index (χ1n) is 2.02. The number of hydrogen-bond donors (Lipinski definition) is 4. The second kappa shape index (κ2) is 4.05. The first kappa shape index (κ1) is 8.13. The lowest BCUT2D eigenvalue weighted by Gasteiger charge is -2.04. The molecule has 48 valence electrons. The van der Waals surface area contributed by atoms with Crippen LogP contribution in [-0.2, 0) is 4.79 Å². The van der Waals surface area contributed by atoms with Crippen molar-refractivity contribution in [3.05, 3.63) is 0 Å². The normalized spacial score (nSPS) is 13.2. The summed E-state index contributed by atoms with van der Waals surface area (Å²) in [7, 11) is 0. The number of rotatable bonds is 3. The first-order valence-corrected chi connectivity index (χ1v) is 3.10. The second-order valence-electron chi connectivity index (χ2n) is 1.27. The molecule has 0 saturated carbocycles. The molecule has 0 aliphatic heterocycles. The van der Waals surface area contributed by atoms with Crippen LogP contribution in [0.1, 0.15) is 0 Å². The third kappa shape index (κ3) is 2.44. The molecule has 0 bridgehead atoms. The fraction of sp³-hybridized carbons (Fsp3) is 0.667. The van der Waals surface area contributed by atoms with Crippen molar-refractivity contribution in [2.24, 2.45) is 5.73 Å². The van der Waals surface area contributed by atoms with Crippen molar-refractivity contribution in [3.63, 3.8) is 0 Å². The molecule has 0 rings (SSSR count). The molecule has 0 radical (unpaired) electrons. The minimum Gasteiger partial charge on any atom is -0.368 e. The second-order valence-corrected chi connectivity index (χ2v) is 1.89. The standard InChI is InChI=1S/C3H8N2OS2/c4-3(6)2(1-7)5-8/h2,5,7-8H,1H2,(H2,4,6)/t2-/m0/s1. The Morgan fingerprint density at radius 3 is 2.38 bits per heavy atom. The monoisotopic (exact) mass is 152 g/mol. The summed E-state index contributed by atoms with van der Waals surface area (Å²) in [6.45, 7) is 0. The molecule has 1 atom stereocenters. The number of nitrogens with two attached hydrogens (primary N) is 1. The van der Waals surface area contributed by atoms with E-state index < -0.39 is 11.9 Å². The van der Waals surface area contributed by atoms with Crippen molar-refractivity contribution in [3.8, 4) is 0 Å². The van der Waals surface area contributed by atoms with Gasteiger partial charge in [-0.05, 0) is 0 Å². The van der Waals surface area contributed by atoms with Gasteiger partial charge in [-0.2, -0.15) is 12.6 Å². The van der Waals surface area contributed by atoms with Crippen LogP contribution >= 0.6 is 25.4 Å². The van der Waals surface area contributed by atoms with Gasteiger partial charge in [0.1, 0.15) is 6.04 Å². The SMILES string of the molecule is NC(=O)[C@H](CS)NS. The van der Waals surface area contributed by atoms with Crippen molar-refractivity contribution in [1.29, 1.82) is 0 Å². The van der Waals surface area contributed by atoms with Crippen LogP contribution < -0.4 is 10.5 Å². The number of primary amides is 1. The fourth-order valence-electron chi connectivity index (χ4n) is 0.194. The molecule has 3 nitrogen and oxygen atoms in total. The molecule has 0 aromatic rings. The highest BCUT2D eigenvalue weighted by Gasteiger charge is 2.08. The molecule has 0 aromatic heterocycles. The maximum Gasteiger partial charge on any atom is 0.236 e. The van der Waals surface area contributed by atoms with Gasteiger partial charge >= 0.3 is 0 Å². The zero-order valence-electron chi connectivity index (χ0n) is 4.16. The lowest BCUT2D eigenvalue weighted by molar-refractivity contribution is -0.119. The summed E-state index contributed by atoms with van der Waals surface area (Å²) in [5.41, 5.74) is 4.86. The van der Waals surface area contributed by atoms with E-state index >= 15 is 0 Å². The summed E-state index contributed by atoms with van der Waals surface area (Å²) in [5.74, 6) is -0.0613. The Balaban J connectivity index is 3.52. The zero-order valence-corrected chi connectivity index (χ0v) is 5.95. The molecule has 0 saturated heterocycles. The van der Waals surface area contributed by atoms with E-state index in [0.717, 1.165) is 0 Å². The molecule has 0 fully saturated rings. The number of nitrogens with one attached hydrogen (secondary N) is 1. The van der Waals surface area contributed by atoms with Gasteiger partial charge in [-0.15, -0.1) is 0 Å². The third-order valence-corrected chi connectivity index (χ3v) is 1.36. The molecule has 5 heteroatoms. The number of carbonyl (C=O) groups excluding carboxylic acids is 1. The summed E-state index contributed by atoms with van der Waals surface area (Å²) in [4.78, 5) is 10.2. The minimum absolute atomic E-state index is 0.374. The van der Waals surface area contributed by atoms with E-state index in [-0.39, 0.29) is 0 Å². The molecule has 0 aliphatic rings. The molecule has 0 heterocycles. The Bertz CT molecular complexity index is 83.4. The molecule has 0 spiro atoms. The minimum atomic E-state index is -0.435. The van der Waals surface area contributed by atoms with Gasteiger partial charge in [-0.3, -0.25) is 9.52 Å². The quantitative estimate of drug-likeness (QED) is 0.400. The van der Waals surface area contributed by atoms with E-state index in [1.165, 1.54) is 0 Å². The Kier molecular flexibility index (Phi) is 4.12. The summed E-state index contributed by atoms with van der Waals surface area (Å²) in [5, 5.41) is 0. The largest absolute Gasteiger partial charge is 0.368 e. The maximum absolute atomic E-state index is 10.2. The number of carbonyl (C=O) groups is 1. The highest BCUT2D eigenvalue weighted by atomic mass is 32.1. The summed E-state index contributed by atoms with van der Waals surface area (Å²) in [6, 6.07) is -0.429. The van der Waals surface area contributed by atoms with Gasteiger partial charge in [0.2, 0.25) is 5.91 Å². The van der Waals surface area contributed by atoms with E-state index in [1.54, 1.807) is 0 Å². The predicted octanol–water partition coefficient (Wildman–Crippen LogP) is -0.796. The van der Waals surface area contributed by atoms with Crippen LogP contribution in [0.5, 0.6) is 0 Å². The third-order valence-electron chi connectivity index (χ3n) is 0.682. The molecular weight excluding hydrogens is 144 g/mol. The van der Waals surface area contributed by atoms with Crippen LogP contribution in [0.4, 0.5) is 0 Å². The Hall–Kier alpha value is 0.130. The Labute approximate surface area is 59.0 Å². The fourth-order valence-corrected chi connectivity index (χ4v) is 0.828. The molecule has 0 aliphatic carbocycles. The summed E-state index contributed by atoms with van der Waals surface area (Å²) >= 11 is 7.46. The van der Waals surface area contributed by atoms with E-state index in [0.29, 0.717) is 5.75 Å². The van der Waals surface area contributed by atoms with E-state index in [2.05, 4.69) is 30.2 Å². The average molecular weight is 152 g/mol. The van der Waals surface area contributed by atoms with Crippen molar-refractivity contribution in [2.45, 2.75) is 6.04 Å². The van der Waals surface area contributed by atoms with Gasteiger partial charge in [0, 0.05) is 5.75 Å². The van der Waals surface area contributed by atoms with Crippen LogP contribution in [-0.4, -0.2) is 17.7 Å². The van der Waals surface area contributed by atoms with Crippen LogP contribution in [0, 0.1) is 0 Å². The number of hydrogen-bond acceptors (Lipinski definition) is 4. The molecular formula is C3H8N2OS2. The van der Waals surface area contributed by atoms with Gasteiger partial charge in [-0.1, -0.05) is 12.8 Å². The topological polar surface area (TPSA) is 55.1 Å². The number of amides is 1.